The van der Waals surface area contributed by atoms with E-state index in [9.17, 15) is 14.7 Å². The van der Waals surface area contributed by atoms with Crippen LogP contribution in [0.4, 0.5) is 0 Å². The lowest BCUT2D eigenvalue weighted by Gasteiger charge is -2.10. The van der Waals surface area contributed by atoms with Crippen molar-refractivity contribution < 1.29 is 14.6 Å². The lowest BCUT2D eigenvalue weighted by atomic mass is 10.0. The SMILES string of the molecule is COc1cc(CNC(=O)c2ccc3[nH]c(=O)c(Cc4ccc(Cl)cc4)c(O)c3c2)ccn1. The van der Waals surface area contributed by atoms with Crippen LogP contribution in [0.2, 0.25) is 5.02 Å². The van der Waals surface area contributed by atoms with Gasteiger partial charge >= 0.3 is 0 Å². The molecule has 0 bridgehead atoms. The number of amides is 1. The van der Waals surface area contributed by atoms with E-state index in [1.54, 1.807) is 60.8 Å². The number of aromatic amines is 1. The summed E-state index contributed by atoms with van der Waals surface area (Å²) in [6, 6.07) is 15.3. The van der Waals surface area contributed by atoms with Gasteiger partial charge in [0.15, 0.2) is 0 Å². The number of pyridine rings is 2. The summed E-state index contributed by atoms with van der Waals surface area (Å²) >= 11 is 5.92. The maximum atomic E-state index is 12.7. The number of H-pyrrole nitrogens is 1. The first-order chi connectivity index (χ1) is 15.4. The standard InChI is InChI=1S/C24H20ClN3O4/c1-32-21-11-15(8-9-26-21)13-27-23(30)16-4-7-20-18(12-16)22(29)19(24(31)28-20)10-14-2-5-17(25)6-3-14/h2-9,11-12H,10,13H2,1H3,(H,27,30)(H2,28,29,31). The molecular formula is C24H20ClN3O4. The minimum Gasteiger partial charge on any atom is -0.507 e. The number of fused-ring (bicyclic) bond motifs is 1. The Balaban J connectivity index is 1.60. The van der Waals surface area contributed by atoms with Crippen molar-refractivity contribution in [3.8, 4) is 11.6 Å². The van der Waals surface area contributed by atoms with Gasteiger partial charge in [0.25, 0.3) is 11.5 Å². The Morgan fingerprint density at radius 2 is 1.91 bits per heavy atom. The van der Waals surface area contributed by atoms with Crippen molar-refractivity contribution in [1.29, 1.82) is 0 Å². The van der Waals surface area contributed by atoms with Crippen molar-refractivity contribution in [2.45, 2.75) is 13.0 Å². The number of benzene rings is 2. The van der Waals surface area contributed by atoms with E-state index in [0.29, 0.717) is 27.4 Å². The third-order valence-corrected chi connectivity index (χ3v) is 5.35. The minimum absolute atomic E-state index is 0.146. The van der Waals surface area contributed by atoms with Gasteiger partial charge in [-0.05, 0) is 47.5 Å². The smallest absolute Gasteiger partial charge is 0.255 e. The highest BCUT2D eigenvalue weighted by atomic mass is 35.5. The van der Waals surface area contributed by atoms with Crippen molar-refractivity contribution in [2.75, 3.05) is 7.11 Å². The molecule has 0 aliphatic rings. The van der Waals surface area contributed by atoms with Crippen molar-refractivity contribution in [1.82, 2.24) is 15.3 Å². The van der Waals surface area contributed by atoms with Crippen LogP contribution in [0.1, 0.15) is 27.0 Å². The average Bonchev–Trinajstić information content (AvgIpc) is 2.81. The van der Waals surface area contributed by atoms with Crippen LogP contribution in [0.15, 0.2) is 65.6 Å². The van der Waals surface area contributed by atoms with Crippen LogP contribution in [-0.4, -0.2) is 28.1 Å². The minimum atomic E-state index is -0.381. The summed E-state index contributed by atoms with van der Waals surface area (Å²) in [6.45, 7) is 0.287. The van der Waals surface area contributed by atoms with Gasteiger partial charge in [0.1, 0.15) is 5.75 Å². The van der Waals surface area contributed by atoms with Crippen LogP contribution < -0.4 is 15.6 Å². The Morgan fingerprint density at radius 3 is 2.66 bits per heavy atom. The molecule has 0 aliphatic heterocycles. The number of aromatic hydroxyl groups is 1. The zero-order valence-corrected chi connectivity index (χ0v) is 17.9. The van der Waals surface area contributed by atoms with Crippen LogP contribution in [-0.2, 0) is 13.0 Å². The molecule has 0 radical (unpaired) electrons. The van der Waals surface area contributed by atoms with Gasteiger partial charge in [-0.25, -0.2) is 4.98 Å². The number of hydrogen-bond donors (Lipinski definition) is 3. The van der Waals surface area contributed by atoms with E-state index in [0.717, 1.165) is 11.1 Å². The van der Waals surface area contributed by atoms with Gasteiger partial charge in [0.05, 0.1) is 18.2 Å². The summed E-state index contributed by atoms with van der Waals surface area (Å²) in [5, 5.41) is 14.6. The molecule has 4 aromatic rings. The molecule has 0 fully saturated rings. The zero-order valence-electron chi connectivity index (χ0n) is 17.2. The van der Waals surface area contributed by atoms with E-state index in [4.69, 9.17) is 16.3 Å². The molecule has 0 atom stereocenters. The van der Waals surface area contributed by atoms with Crippen molar-refractivity contribution >= 4 is 28.4 Å². The van der Waals surface area contributed by atoms with Crippen molar-refractivity contribution in [3.63, 3.8) is 0 Å². The molecule has 8 heteroatoms. The second-order valence-electron chi connectivity index (χ2n) is 7.23. The van der Waals surface area contributed by atoms with Gasteiger partial charge in [0.2, 0.25) is 5.88 Å². The van der Waals surface area contributed by atoms with E-state index in [2.05, 4.69) is 15.3 Å². The number of nitrogens with one attached hydrogen (secondary N) is 2. The second-order valence-corrected chi connectivity index (χ2v) is 7.67. The molecular weight excluding hydrogens is 430 g/mol. The van der Waals surface area contributed by atoms with Crippen LogP contribution in [0, 0.1) is 0 Å². The summed E-state index contributed by atoms with van der Waals surface area (Å²) in [6.07, 6.45) is 1.83. The number of methoxy groups -OCH3 is 1. The van der Waals surface area contributed by atoms with Gasteiger partial charge in [0, 0.05) is 41.2 Å². The Labute approximate surface area is 188 Å². The Morgan fingerprint density at radius 1 is 1.12 bits per heavy atom. The van der Waals surface area contributed by atoms with E-state index in [-0.39, 0.29) is 35.7 Å². The summed E-state index contributed by atoms with van der Waals surface area (Å²) < 4.78 is 5.09. The van der Waals surface area contributed by atoms with Gasteiger partial charge in [-0.2, -0.15) is 0 Å². The second kappa shape index (κ2) is 9.11. The number of halogens is 1. The highest BCUT2D eigenvalue weighted by molar-refractivity contribution is 6.30. The van der Waals surface area contributed by atoms with Gasteiger partial charge in [-0.3, -0.25) is 9.59 Å². The monoisotopic (exact) mass is 449 g/mol. The van der Waals surface area contributed by atoms with Crippen molar-refractivity contribution in [3.05, 3.63) is 98.4 Å². The predicted molar refractivity (Wildman–Crippen MR) is 122 cm³/mol. The molecule has 2 heterocycles. The molecule has 32 heavy (non-hydrogen) atoms. The maximum absolute atomic E-state index is 12.7. The molecule has 2 aromatic carbocycles. The highest BCUT2D eigenvalue weighted by Crippen LogP contribution is 2.27. The first kappa shape index (κ1) is 21.4. The third kappa shape index (κ3) is 4.58. The molecule has 0 spiro atoms. The molecule has 7 nitrogen and oxygen atoms in total. The summed E-state index contributed by atoms with van der Waals surface area (Å²) in [7, 11) is 1.53. The van der Waals surface area contributed by atoms with Crippen LogP contribution in [0.5, 0.6) is 11.6 Å². The number of carbonyl (C=O) groups is 1. The van der Waals surface area contributed by atoms with Gasteiger partial charge < -0.3 is 20.1 Å². The topological polar surface area (TPSA) is 104 Å². The summed E-state index contributed by atoms with van der Waals surface area (Å²) in [5.74, 6) is 0.00398. The third-order valence-electron chi connectivity index (χ3n) is 5.10. The van der Waals surface area contributed by atoms with Crippen LogP contribution in [0.3, 0.4) is 0 Å². The number of ether oxygens (including phenoxy) is 1. The molecule has 2 aromatic heterocycles. The lowest BCUT2D eigenvalue weighted by Crippen LogP contribution is -2.23. The summed E-state index contributed by atoms with van der Waals surface area (Å²) in [4.78, 5) is 32.0. The predicted octanol–water partition coefficient (Wildman–Crippen LogP) is 3.81. The maximum Gasteiger partial charge on any atom is 0.255 e. The van der Waals surface area contributed by atoms with E-state index in [1.165, 1.54) is 7.11 Å². The largest absolute Gasteiger partial charge is 0.507 e. The molecule has 0 unspecified atom stereocenters. The van der Waals surface area contributed by atoms with Gasteiger partial charge in [-0.15, -0.1) is 0 Å². The first-order valence-electron chi connectivity index (χ1n) is 9.84. The van der Waals surface area contributed by atoms with E-state index in [1.807, 2.05) is 0 Å². The fourth-order valence-corrected chi connectivity index (χ4v) is 3.51. The molecule has 0 saturated carbocycles. The Kier molecular flexibility index (Phi) is 6.09. The Hall–Kier alpha value is -3.84. The normalized spacial score (nSPS) is 10.8. The fourth-order valence-electron chi connectivity index (χ4n) is 3.39. The van der Waals surface area contributed by atoms with Gasteiger partial charge in [-0.1, -0.05) is 23.7 Å². The van der Waals surface area contributed by atoms with E-state index >= 15 is 0 Å². The average molecular weight is 450 g/mol. The Bertz CT molecular complexity index is 1350. The first-order valence-corrected chi connectivity index (χ1v) is 10.2. The number of rotatable bonds is 6. The van der Waals surface area contributed by atoms with Crippen molar-refractivity contribution in [2.24, 2.45) is 0 Å². The lowest BCUT2D eigenvalue weighted by molar-refractivity contribution is 0.0951. The molecule has 0 saturated heterocycles. The van der Waals surface area contributed by atoms with Crippen LogP contribution >= 0.6 is 11.6 Å². The summed E-state index contributed by atoms with van der Waals surface area (Å²) in [5.41, 5.74) is 2.32. The molecule has 1 amide bonds. The number of aromatic nitrogens is 2. The highest BCUT2D eigenvalue weighted by Gasteiger charge is 2.15. The molecule has 4 rings (SSSR count). The zero-order chi connectivity index (χ0) is 22.7. The molecule has 162 valence electrons. The number of hydrogen-bond acceptors (Lipinski definition) is 5. The molecule has 3 N–H and O–H groups in total. The fraction of sp³-hybridized carbons (Fsp3) is 0.125. The number of nitrogens with zero attached hydrogens (tertiary/aromatic N) is 1. The van der Waals surface area contributed by atoms with Crippen LogP contribution in [0.25, 0.3) is 10.9 Å². The quantitative estimate of drug-likeness (QED) is 0.415. The van der Waals surface area contributed by atoms with E-state index < -0.39 is 0 Å². The number of carbonyl (C=O) groups excluding carboxylic acids is 1. The molecule has 0 aliphatic carbocycles.